The van der Waals surface area contributed by atoms with E-state index in [-0.39, 0.29) is 18.9 Å². The Labute approximate surface area is 126 Å². The van der Waals surface area contributed by atoms with E-state index in [1.807, 2.05) is 30.3 Å². The molecule has 0 bridgehead atoms. The highest BCUT2D eigenvalue weighted by molar-refractivity contribution is 5.92. The van der Waals surface area contributed by atoms with Crippen LogP contribution < -0.4 is 0 Å². The van der Waals surface area contributed by atoms with Crippen LogP contribution in [-0.2, 0) is 9.59 Å². The summed E-state index contributed by atoms with van der Waals surface area (Å²) in [4.78, 5) is 24.5. The maximum atomic E-state index is 12.2. The number of aliphatic carboxylic acids is 1. The van der Waals surface area contributed by atoms with Gasteiger partial charge in [-0.2, -0.15) is 0 Å². The number of carboxylic acid groups (broad SMARTS) is 1. The van der Waals surface area contributed by atoms with E-state index >= 15 is 0 Å². The molecule has 4 nitrogen and oxygen atoms in total. The highest BCUT2D eigenvalue weighted by Gasteiger charge is 2.12. The van der Waals surface area contributed by atoms with Gasteiger partial charge in [0.2, 0.25) is 5.91 Å². The minimum absolute atomic E-state index is 0.0248. The van der Waals surface area contributed by atoms with E-state index in [0.717, 1.165) is 12.0 Å². The first kappa shape index (κ1) is 17.0. The Kier molecular flexibility index (Phi) is 7.23. The van der Waals surface area contributed by atoms with Gasteiger partial charge in [0, 0.05) is 19.2 Å². The van der Waals surface area contributed by atoms with Crippen molar-refractivity contribution >= 4 is 18.0 Å². The molecule has 1 aromatic rings. The van der Waals surface area contributed by atoms with E-state index in [9.17, 15) is 9.59 Å². The predicted molar refractivity (Wildman–Crippen MR) is 83.8 cm³/mol. The van der Waals surface area contributed by atoms with Crippen LogP contribution in [0.4, 0.5) is 0 Å². The summed E-state index contributed by atoms with van der Waals surface area (Å²) < 4.78 is 0. The fourth-order valence-corrected chi connectivity index (χ4v) is 1.81. The summed E-state index contributed by atoms with van der Waals surface area (Å²) in [6, 6.07) is 9.57. The molecule has 0 heterocycles. The molecule has 4 heteroatoms. The Morgan fingerprint density at radius 2 is 1.86 bits per heavy atom. The third-order valence-corrected chi connectivity index (χ3v) is 3.10. The van der Waals surface area contributed by atoms with Crippen LogP contribution in [0.15, 0.2) is 36.4 Å². The molecule has 0 aliphatic rings. The van der Waals surface area contributed by atoms with Gasteiger partial charge in [0.25, 0.3) is 0 Å². The maximum absolute atomic E-state index is 12.2. The highest BCUT2D eigenvalue weighted by atomic mass is 16.4. The molecule has 1 amide bonds. The summed E-state index contributed by atoms with van der Waals surface area (Å²) in [5.74, 6) is -0.548. The van der Waals surface area contributed by atoms with Gasteiger partial charge in [-0.3, -0.25) is 9.59 Å². The normalized spacial score (nSPS) is 11.0. The van der Waals surface area contributed by atoms with Crippen molar-refractivity contribution in [3.8, 4) is 0 Å². The minimum atomic E-state index is -0.885. The molecule has 0 fully saturated rings. The quantitative estimate of drug-likeness (QED) is 0.748. The van der Waals surface area contributed by atoms with Crippen molar-refractivity contribution in [3.05, 3.63) is 42.0 Å². The molecular formula is C17H23NO3. The summed E-state index contributed by atoms with van der Waals surface area (Å²) in [5.41, 5.74) is 0.952. The molecular weight excluding hydrogens is 266 g/mol. The largest absolute Gasteiger partial charge is 0.481 e. The number of hydrogen-bond acceptors (Lipinski definition) is 2. The molecule has 0 aliphatic heterocycles. The first-order valence-electron chi connectivity index (χ1n) is 7.23. The van der Waals surface area contributed by atoms with Crippen molar-refractivity contribution in [2.45, 2.75) is 26.7 Å². The molecule has 0 saturated carbocycles. The maximum Gasteiger partial charge on any atom is 0.305 e. The van der Waals surface area contributed by atoms with Crippen molar-refractivity contribution in [3.63, 3.8) is 0 Å². The predicted octanol–water partition coefficient (Wildman–Crippen LogP) is 3.05. The lowest BCUT2D eigenvalue weighted by molar-refractivity contribution is -0.138. The zero-order chi connectivity index (χ0) is 15.7. The average molecular weight is 289 g/mol. The lowest BCUT2D eigenvalue weighted by Crippen LogP contribution is -2.33. The summed E-state index contributed by atoms with van der Waals surface area (Å²) in [6.45, 7) is 5.00. The van der Waals surface area contributed by atoms with Gasteiger partial charge in [0.15, 0.2) is 0 Å². The van der Waals surface area contributed by atoms with Gasteiger partial charge < -0.3 is 10.0 Å². The average Bonchev–Trinajstić information content (AvgIpc) is 2.45. The Morgan fingerprint density at radius 3 is 2.43 bits per heavy atom. The van der Waals surface area contributed by atoms with Crippen LogP contribution in [0.1, 0.15) is 32.3 Å². The zero-order valence-electron chi connectivity index (χ0n) is 12.7. The molecule has 0 saturated heterocycles. The zero-order valence-corrected chi connectivity index (χ0v) is 12.7. The summed E-state index contributed by atoms with van der Waals surface area (Å²) >= 11 is 0. The Morgan fingerprint density at radius 1 is 1.19 bits per heavy atom. The van der Waals surface area contributed by atoms with E-state index in [4.69, 9.17) is 5.11 Å². The van der Waals surface area contributed by atoms with Crippen molar-refractivity contribution < 1.29 is 14.7 Å². The fraction of sp³-hybridized carbons (Fsp3) is 0.412. The number of carboxylic acids is 1. The first-order valence-corrected chi connectivity index (χ1v) is 7.23. The number of amides is 1. The van der Waals surface area contributed by atoms with Gasteiger partial charge in [-0.25, -0.2) is 0 Å². The molecule has 0 aromatic heterocycles. The number of hydrogen-bond donors (Lipinski definition) is 1. The molecule has 0 atom stereocenters. The van der Waals surface area contributed by atoms with Crippen molar-refractivity contribution in [2.75, 3.05) is 13.1 Å². The van der Waals surface area contributed by atoms with E-state index in [1.54, 1.807) is 11.0 Å². The van der Waals surface area contributed by atoms with Gasteiger partial charge in [-0.15, -0.1) is 0 Å². The van der Waals surface area contributed by atoms with E-state index < -0.39 is 5.97 Å². The number of rotatable bonds is 8. The number of carbonyl (C=O) groups excluding carboxylic acids is 1. The van der Waals surface area contributed by atoms with Crippen LogP contribution >= 0.6 is 0 Å². The minimum Gasteiger partial charge on any atom is -0.481 e. The second kappa shape index (κ2) is 8.95. The van der Waals surface area contributed by atoms with Gasteiger partial charge in [0.1, 0.15) is 0 Å². The van der Waals surface area contributed by atoms with Gasteiger partial charge in [-0.05, 0) is 24.0 Å². The van der Waals surface area contributed by atoms with E-state index in [1.165, 1.54) is 6.08 Å². The van der Waals surface area contributed by atoms with Crippen LogP contribution in [0.3, 0.4) is 0 Å². The molecule has 114 valence electrons. The summed E-state index contributed by atoms with van der Waals surface area (Å²) in [5, 5.41) is 8.77. The Bertz CT molecular complexity index is 480. The van der Waals surface area contributed by atoms with Crippen molar-refractivity contribution in [1.82, 2.24) is 4.90 Å². The van der Waals surface area contributed by atoms with Crippen LogP contribution in [-0.4, -0.2) is 35.0 Å². The second-order valence-corrected chi connectivity index (χ2v) is 5.40. The smallest absolute Gasteiger partial charge is 0.305 e. The molecule has 1 N–H and O–H groups in total. The number of carbonyl (C=O) groups is 2. The monoisotopic (exact) mass is 289 g/mol. The molecule has 21 heavy (non-hydrogen) atoms. The molecule has 0 spiro atoms. The van der Waals surface area contributed by atoms with Crippen molar-refractivity contribution in [1.29, 1.82) is 0 Å². The molecule has 1 aromatic carbocycles. The van der Waals surface area contributed by atoms with Gasteiger partial charge in [0.05, 0.1) is 6.42 Å². The first-order chi connectivity index (χ1) is 9.99. The molecule has 0 unspecified atom stereocenters. The van der Waals surface area contributed by atoms with E-state index in [2.05, 4.69) is 13.8 Å². The SMILES string of the molecule is CC(C)CCN(CCC(=O)O)C(=O)/C=C/c1ccccc1. The summed E-state index contributed by atoms with van der Waals surface area (Å²) in [6.07, 6.45) is 4.11. The third-order valence-electron chi connectivity index (χ3n) is 3.10. The lowest BCUT2D eigenvalue weighted by atomic mass is 10.1. The van der Waals surface area contributed by atoms with Crippen molar-refractivity contribution in [2.24, 2.45) is 5.92 Å². The Balaban J connectivity index is 2.64. The van der Waals surface area contributed by atoms with Gasteiger partial charge >= 0.3 is 5.97 Å². The highest BCUT2D eigenvalue weighted by Crippen LogP contribution is 2.06. The van der Waals surface area contributed by atoms with Crippen LogP contribution in [0.5, 0.6) is 0 Å². The second-order valence-electron chi connectivity index (χ2n) is 5.40. The van der Waals surface area contributed by atoms with Crippen LogP contribution in [0, 0.1) is 5.92 Å². The summed E-state index contributed by atoms with van der Waals surface area (Å²) in [7, 11) is 0. The van der Waals surface area contributed by atoms with Gasteiger partial charge in [-0.1, -0.05) is 44.2 Å². The molecule has 0 radical (unpaired) electrons. The standard InChI is InChI=1S/C17H23NO3/c1-14(2)10-12-18(13-11-17(20)21)16(19)9-8-15-6-4-3-5-7-15/h3-9,14H,10-13H2,1-2H3,(H,20,21)/b9-8+. The topological polar surface area (TPSA) is 57.6 Å². The van der Waals surface area contributed by atoms with Crippen LogP contribution in [0.2, 0.25) is 0 Å². The molecule has 1 rings (SSSR count). The lowest BCUT2D eigenvalue weighted by Gasteiger charge is -2.21. The number of nitrogens with zero attached hydrogens (tertiary/aromatic N) is 1. The fourth-order valence-electron chi connectivity index (χ4n) is 1.81. The van der Waals surface area contributed by atoms with E-state index in [0.29, 0.717) is 12.5 Å². The Hall–Kier alpha value is -2.10. The van der Waals surface area contributed by atoms with Crippen LogP contribution in [0.25, 0.3) is 6.08 Å². The number of benzene rings is 1. The molecule has 0 aliphatic carbocycles. The third kappa shape index (κ3) is 7.30.